The van der Waals surface area contributed by atoms with Gasteiger partial charge in [-0.3, -0.25) is 9.48 Å². The zero-order valence-corrected chi connectivity index (χ0v) is 13.9. The predicted octanol–water partition coefficient (Wildman–Crippen LogP) is 0.694. The van der Waals surface area contributed by atoms with E-state index in [1.54, 1.807) is 31.4 Å². The molecular weight excluding hydrogens is 332 g/mol. The van der Waals surface area contributed by atoms with Crippen molar-refractivity contribution in [1.82, 2.24) is 19.3 Å². The first kappa shape index (κ1) is 16.6. The highest BCUT2D eigenvalue weighted by atomic mass is 32.2. The van der Waals surface area contributed by atoms with E-state index in [2.05, 4.69) is 10.3 Å². The van der Waals surface area contributed by atoms with Crippen LogP contribution in [0, 0.1) is 5.92 Å². The molecule has 1 fully saturated rings. The number of carboxylic acids is 1. The van der Waals surface area contributed by atoms with Crippen molar-refractivity contribution in [2.24, 2.45) is 13.0 Å². The molecule has 0 radical (unpaired) electrons. The summed E-state index contributed by atoms with van der Waals surface area (Å²) in [4.78, 5) is 11.4. The van der Waals surface area contributed by atoms with Gasteiger partial charge in [0.1, 0.15) is 0 Å². The van der Waals surface area contributed by atoms with Gasteiger partial charge in [0, 0.05) is 32.3 Å². The van der Waals surface area contributed by atoms with Gasteiger partial charge in [-0.1, -0.05) is 23.4 Å². The molecule has 2 atom stereocenters. The Kier molecular flexibility index (Phi) is 4.37. The number of benzene rings is 1. The molecule has 1 N–H and O–H groups in total. The molecule has 1 saturated heterocycles. The lowest BCUT2D eigenvalue weighted by molar-refractivity contribution is -0.138. The number of aliphatic carboxylic acids is 1. The minimum atomic E-state index is -3.66. The SMILES string of the molecule is Cn1cc([C@@H]2CN(S(=O)(=O)c3ccccc3)C[C@@H]2CC(=O)O)nn1. The number of carboxylic acid groups (broad SMARTS) is 1. The van der Waals surface area contributed by atoms with Gasteiger partial charge < -0.3 is 5.11 Å². The number of rotatable bonds is 5. The summed E-state index contributed by atoms with van der Waals surface area (Å²) >= 11 is 0. The Balaban J connectivity index is 1.90. The van der Waals surface area contributed by atoms with Crippen molar-refractivity contribution in [3.63, 3.8) is 0 Å². The van der Waals surface area contributed by atoms with Gasteiger partial charge in [0.25, 0.3) is 0 Å². The van der Waals surface area contributed by atoms with E-state index in [9.17, 15) is 13.2 Å². The van der Waals surface area contributed by atoms with E-state index in [1.807, 2.05) is 0 Å². The van der Waals surface area contributed by atoms with Crippen LogP contribution in [-0.2, 0) is 21.9 Å². The zero-order valence-electron chi connectivity index (χ0n) is 13.1. The van der Waals surface area contributed by atoms with Crippen LogP contribution in [0.5, 0.6) is 0 Å². The van der Waals surface area contributed by atoms with E-state index in [0.29, 0.717) is 5.69 Å². The lowest BCUT2D eigenvalue weighted by Gasteiger charge is -2.16. The molecule has 1 aromatic heterocycles. The Hall–Kier alpha value is -2.26. The first-order valence-electron chi connectivity index (χ1n) is 7.51. The van der Waals surface area contributed by atoms with Crippen molar-refractivity contribution in [3.05, 3.63) is 42.2 Å². The number of carbonyl (C=O) groups is 1. The maximum atomic E-state index is 12.8. The van der Waals surface area contributed by atoms with Crippen LogP contribution >= 0.6 is 0 Å². The van der Waals surface area contributed by atoms with Crippen LogP contribution in [0.2, 0.25) is 0 Å². The Labute approximate surface area is 139 Å². The van der Waals surface area contributed by atoms with E-state index in [4.69, 9.17) is 5.11 Å². The minimum Gasteiger partial charge on any atom is -0.481 e. The van der Waals surface area contributed by atoms with E-state index in [0.717, 1.165) is 0 Å². The molecule has 2 heterocycles. The molecule has 9 heteroatoms. The van der Waals surface area contributed by atoms with Gasteiger partial charge in [-0.25, -0.2) is 8.42 Å². The summed E-state index contributed by atoms with van der Waals surface area (Å²) in [6.45, 7) is 0.360. The largest absolute Gasteiger partial charge is 0.481 e. The number of sulfonamides is 1. The van der Waals surface area contributed by atoms with E-state index in [1.165, 1.54) is 21.1 Å². The molecule has 0 saturated carbocycles. The summed E-state index contributed by atoms with van der Waals surface area (Å²) in [6, 6.07) is 8.16. The fourth-order valence-corrected chi connectivity index (χ4v) is 4.61. The third-order valence-corrected chi connectivity index (χ3v) is 6.07. The fraction of sp³-hybridized carbons (Fsp3) is 0.400. The molecule has 0 amide bonds. The van der Waals surface area contributed by atoms with Crippen LogP contribution in [0.3, 0.4) is 0 Å². The van der Waals surface area contributed by atoms with Crippen molar-refractivity contribution in [2.75, 3.05) is 13.1 Å². The van der Waals surface area contributed by atoms with Gasteiger partial charge in [0.15, 0.2) is 0 Å². The summed E-state index contributed by atoms with van der Waals surface area (Å²) < 4.78 is 28.4. The van der Waals surface area contributed by atoms with Gasteiger partial charge in [-0.2, -0.15) is 4.31 Å². The standard InChI is InChI=1S/C15H18N4O4S/c1-18-10-14(16-17-18)13-9-19(8-11(13)7-15(20)21)24(22,23)12-5-3-2-4-6-12/h2-6,10-11,13H,7-9H2,1H3,(H,20,21)/t11-,13+/m0/s1. The number of hydrogen-bond donors (Lipinski definition) is 1. The maximum absolute atomic E-state index is 12.8. The molecule has 128 valence electrons. The molecule has 1 aromatic carbocycles. The average Bonchev–Trinajstić information content (AvgIpc) is 3.14. The number of nitrogens with zero attached hydrogens (tertiary/aromatic N) is 4. The Morgan fingerprint density at radius 1 is 1.29 bits per heavy atom. The first-order chi connectivity index (χ1) is 11.4. The van der Waals surface area contributed by atoms with Crippen molar-refractivity contribution in [1.29, 1.82) is 0 Å². The van der Waals surface area contributed by atoms with E-state index >= 15 is 0 Å². The molecular formula is C15H18N4O4S. The highest BCUT2D eigenvalue weighted by Gasteiger charge is 2.42. The van der Waals surface area contributed by atoms with Crippen LogP contribution in [0.4, 0.5) is 0 Å². The number of aromatic nitrogens is 3. The van der Waals surface area contributed by atoms with Crippen molar-refractivity contribution in [2.45, 2.75) is 17.2 Å². The van der Waals surface area contributed by atoms with E-state index < -0.39 is 16.0 Å². The fourth-order valence-electron chi connectivity index (χ4n) is 3.07. The van der Waals surface area contributed by atoms with E-state index in [-0.39, 0.29) is 36.2 Å². The lowest BCUT2D eigenvalue weighted by Crippen LogP contribution is -2.29. The molecule has 1 aliphatic heterocycles. The van der Waals surface area contributed by atoms with Crippen LogP contribution in [0.1, 0.15) is 18.0 Å². The maximum Gasteiger partial charge on any atom is 0.303 e. The molecule has 0 bridgehead atoms. The van der Waals surface area contributed by atoms with Gasteiger partial charge in [-0.15, -0.1) is 5.10 Å². The number of hydrogen-bond acceptors (Lipinski definition) is 5. The molecule has 24 heavy (non-hydrogen) atoms. The highest BCUT2D eigenvalue weighted by molar-refractivity contribution is 7.89. The Morgan fingerprint density at radius 2 is 2.00 bits per heavy atom. The third kappa shape index (κ3) is 3.17. The molecule has 2 aromatic rings. The minimum absolute atomic E-state index is 0.109. The smallest absolute Gasteiger partial charge is 0.303 e. The summed E-state index contributed by atoms with van der Waals surface area (Å²) in [5.74, 6) is -1.57. The third-order valence-electron chi connectivity index (χ3n) is 4.23. The highest BCUT2D eigenvalue weighted by Crippen LogP contribution is 2.36. The second-order valence-corrected chi connectivity index (χ2v) is 7.85. The average molecular weight is 350 g/mol. The summed E-state index contributed by atoms with van der Waals surface area (Å²) in [5.41, 5.74) is 0.620. The van der Waals surface area contributed by atoms with Crippen LogP contribution in [0.15, 0.2) is 41.4 Å². The van der Waals surface area contributed by atoms with Gasteiger partial charge >= 0.3 is 5.97 Å². The quantitative estimate of drug-likeness (QED) is 0.851. The first-order valence-corrected chi connectivity index (χ1v) is 8.95. The van der Waals surface area contributed by atoms with Crippen molar-refractivity contribution >= 4 is 16.0 Å². The van der Waals surface area contributed by atoms with Crippen molar-refractivity contribution < 1.29 is 18.3 Å². The van der Waals surface area contributed by atoms with Crippen molar-refractivity contribution in [3.8, 4) is 0 Å². The Morgan fingerprint density at radius 3 is 2.58 bits per heavy atom. The molecule has 3 rings (SSSR count). The lowest BCUT2D eigenvalue weighted by atomic mass is 9.91. The summed E-state index contributed by atoms with van der Waals surface area (Å²) in [7, 11) is -1.94. The number of aryl methyl sites for hydroxylation is 1. The second-order valence-electron chi connectivity index (χ2n) is 5.92. The molecule has 0 aliphatic carbocycles. The molecule has 0 spiro atoms. The zero-order chi connectivity index (χ0) is 17.3. The predicted molar refractivity (Wildman–Crippen MR) is 84.7 cm³/mol. The second kappa shape index (κ2) is 6.33. The monoisotopic (exact) mass is 350 g/mol. The van der Waals surface area contributed by atoms with Crippen LogP contribution < -0.4 is 0 Å². The molecule has 1 aliphatic rings. The Bertz CT molecular complexity index is 834. The normalized spacial score (nSPS) is 21.9. The summed E-state index contributed by atoms with van der Waals surface area (Å²) in [5, 5.41) is 17.1. The van der Waals surface area contributed by atoms with Gasteiger partial charge in [-0.05, 0) is 18.1 Å². The van der Waals surface area contributed by atoms with Crippen LogP contribution in [-0.4, -0.2) is 51.9 Å². The van der Waals surface area contributed by atoms with Gasteiger partial charge in [0.05, 0.1) is 17.0 Å². The topological polar surface area (TPSA) is 105 Å². The molecule has 8 nitrogen and oxygen atoms in total. The molecule has 0 unspecified atom stereocenters. The van der Waals surface area contributed by atoms with Crippen LogP contribution in [0.25, 0.3) is 0 Å². The summed E-state index contributed by atoms with van der Waals surface area (Å²) in [6.07, 6.45) is 1.60. The van der Waals surface area contributed by atoms with Gasteiger partial charge in [0.2, 0.25) is 10.0 Å².